The molecule has 0 bridgehead atoms. The summed E-state index contributed by atoms with van der Waals surface area (Å²) in [7, 11) is -0.579. The van der Waals surface area contributed by atoms with Gasteiger partial charge in [-0.15, -0.1) is 0 Å². The summed E-state index contributed by atoms with van der Waals surface area (Å²) >= 11 is 0. The summed E-state index contributed by atoms with van der Waals surface area (Å²) in [6.07, 6.45) is 2.02. The van der Waals surface area contributed by atoms with E-state index in [0.29, 0.717) is 5.69 Å². The van der Waals surface area contributed by atoms with Gasteiger partial charge in [0.1, 0.15) is 6.04 Å². The Labute approximate surface area is 160 Å². The number of rotatable bonds is 5. The number of sulfonamides is 1. The lowest BCUT2D eigenvalue weighted by molar-refractivity contribution is -0.117. The predicted octanol–water partition coefficient (Wildman–Crippen LogP) is 2.72. The number of aryl methyl sites for hydroxylation is 1. The zero-order valence-electron chi connectivity index (χ0n) is 15.8. The predicted molar refractivity (Wildman–Crippen MR) is 108 cm³/mol. The average molecular weight is 388 g/mol. The number of amides is 1. The van der Waals surface area contributed by atoms with Crippen molar-refractivity contribution in [2.75, 3.05) is 30.9 Å². The minimum absolute atomic E-state index is 0.154. The van der Waals surface area contributed by atoms with E-state index < -0.39 is 10.0 Å². The van der Waals surface area contributed by atoms with E-state index in [4.69, 9.17) is 0 Å². The van der Waals surface area contributed by atoms with Crippen LogP contribution in [0.25, 0.3) is 0 Å². The van der Waals surface area contributed by atoms with Gasteiger partial charge in [-0.05, 0) is 49.6 Å². The van der Waals surface area contributed by atoms with Crippen LogP contribution in [-0.2, 0) is 21.2 Å². The molecule has 2 aromatic carbocycles. The fourth-order valence-electron chi connectivity index (χ4n) is 3.30. The molecule has 3 rings (SSSR count). The third-order valence-electron chi connectivity index (χ3n) is 4.87. The molecule has 1 atom stereocenters. The van der Waals surface area contributed by atoms with Crippen LogP contribution in [0, 0.1) is 0 Å². The highest BCUT2D eigenvalue weighted by atomic mass is 32.2. The number of carbonyl (C=O) groups is 1. The molecule has 1 heterocycles. The van der Waals surface area contributed by atoms with E-state index >= 15 is 0 Å². The average Bonchev–Trinajstić information content (AvgIpc) is 2.67. The quantitative estimate of drug-likeness (QED) is 0.856. The monoisotopic (exact) mass is 387 g/mol. The van der Waals surface area contributed by atoms with Crippen molar-refractivity contribution in [1.29, 1.82) is 0 Å². The lowest BCUT2D eigenvalue weighted by Crippen LogP contribution is -2.44. The van der Waals surface area contributed by atoms with Crippen LogP contribution >= 0.6 is 0 Å². The van der Waals surface area contributed by atoms with E-state index in [1.807, 2.05) is 25.1 Å². The summed E-state index contributed by atoms with van der Waals surface area (Å²) < 4.78 is 25.7. The van der Waals surface area contributed by atoms with Crippen LogP contribution in [-0.4, -0.2) is 45.3 Å². The summed E-state index contributed by atoms with van der Waals surface area (Å²) in [6, 6.07) is 14.1. The van der Waals surface area contributed by atoms with Gasteiger partial charge in [0, 0.05) is 32.0 Å². The molecule has 0 fully saturated rings. The largest absolute Gasteiger partial charge is 0.360 e. The minimum Gasteiger partial charge on any atom is -0.360 e. The van der Waals surface area contributed by atoms with Crippen LogP contribution < -0.4 is 10.2 Å². The minimum atomic E-state index is -3.54. The van der Waals surface area contributed by atoms with Crippen molar-refractivity contribution in [2.24, 2.45) is 0 Å². The van der Waals surface area contributed by atoms with E-state index in [1.165, 1.54) is 31.8 Å². The number of benzene rings is 2. The standard InChI is InChI=1S/C20H25N3O3S/c1-15(23-13-7-9-16-8-4-5-12-19(16)23)20(24)21-17-10-6-11-18(14-17)27(25,26)22(2)3/h4-6,8,10-12,14-15H,7,9,13H2,1-3H3,(H,21,24). The van der Waals surface area contributed by atoms with Gasteiger partial charge in [-0.25, -0.2) is 12.7 Å². The van der Waals surface area contributed by atoms with Gasteiger partial charge >= 0.3 is 0 Å². The van der Waals surface area contributed by atoms with Gasteiger partial charge in [-0.1, -0.05) is 24.3 Å². The van der Waals surface area contributed by atoms with Crippen LogP contribution in [0.3, 0.4) is 0 Å². The molecule has 0 saturated carbocycles. The fraction of sp³-hybridized carbons (Fsp3) is 0.350. The Morgan fingerprint density at radius 1 is 1.15 bits per heavy atom. The van der Waals surface area contributed by atoms with Gasteiger partial charge < -0.3 is 10.2 Å². The third kappa shape index (κ3) is 3.99. The molecule has 1 unspecified atom stereocenters. The van der Waals surface area contributed by atoms with Crippen molar-refractivity contribution in [3.8, 4) is 0 Å². The summed E-state index contributed by atoms with van der Waals surface area (Å²) in [5.41, 5.74) is 2.82. The first-order valence-corrected chi connectivity index (χ1v) is 10.4. The molecule has 0 spiro atoms. The number of para-hydroxylation sites is 1. The second-order valence-electron chi connectivity index (χ2n) is 6.91. The summed E-state index contributed by atoms with van der Waals surface area (Å²) in [5.74, 6) is -0.161. The van der Waals surface area contributed by atoms with Crippen LogP contribution in [0.1, 0.15) is 18.9 Å². The molecule has 0 aromatic heterocycles. The summed E-state index contributed by atoms with van der Waals surface area (Å²) in [4.78, 5) is 15.1. The molecule has 7 heteroatoms. The Morgan fingerprint density at radius 3 is 2.63 bits per heavy atom. The molecule has 6 nitrogen and oxygen atoms in total. The van der Waals surface area contributed by atoms with E-state index in [0.717, 1.165) is 29.4 Å². The van der Waals surface area contributed by atoms with Crippen molar-refractivity contribution in [1.82, 2.24) is 4.31 Å². The van der Waals surface area contributed by atoms with Crippen LogP contribution in [0.4, 0.5) is 11.4 Å². The zero-order valence-corrected chi connectivity index (χ0v) is 16.7. The Kier molecular flexibility index (Phi) is 5.53. The number of carbonyl (C=O) groups excluding carboxylic acids is 1. The number of fused-ring (bicyclic) bond motifs is 1. The van der Waals surface area contributed by atoms with Gasteiger partial charge in [0.15, 0.2) is 0 Å². The molecule has 0 saturated heterocycles. The van der Waals surface area contributed by atoms with Crippen LogP contribution in [0.2, 0.25) is 0 Å². The maximum Gasteiger partial charge on any atom is 0.246 e. The van der Waals surface area contributed by atoms with Crippen molar-refractivity contribution in [2.45, 2.75) is 30.7 Å². The van der Waals surface area contributed by atoms with Crippen molar-refractivity contribution < 1.29 is 13.2 Å². The SMILES string of the molecule is CC(C(=O)Nc1cccc(S(=O)(=O)N(C)C)c1)N1CCCc2ccccc21. The molecule has 144 valence electrons. The highest BCUT2D eigenvalue weighted by Crippen LogP contribution is 2.28. The first-order valence-electron chi connectivity index (χ1n) is 8.98. The number of hydrogen-bond acceptors (Lipinski definition) is 4. The Morgan fingerprint density at radius 2 is 1.89 bits per heavy atom. The lowest BCUT2D eigenvalue weighted by atomic mass is 10.00. The maximum atomic E-state index is 12.8. The van der Waals surface area contributed by atoms with E-state index in [1.54, 1.807) is 12.1 Å². The Balaban J connectivity index is 1.79. The molecular weight excluding hydrogens is 362 g/mol. The van der Waals surface area contributed by atoms with E-state index in [2.05, 4.69) is 16.3 Å². The number of nitrogens with one attached hydrogen (secondary N) is 1. The van der Waals surface area contributed by atoms with Crippen molar-refractivity contribution in [3.63, 3.8) is 0 Å². The number of anilines is 2. The highest BCUT2D eigenvalue weighted by Gasteiger charge is 2.26. The lowest BCUT2D eigenvalue weighted by Gasteiger charge is -2.35. The van der Waals surface area contributed by atoms with Crippen LogP contribution in [0.15, 0.2) is 53.4 Å². The normalized spacial score (nSPS) is 15.3. The first kappa shape index (κ1) is 19.4. The van der Waals surface area contributed by atoms with Gasteiger partial charge in [-0.3, -0.25) is 4.79 Å². The third-order valence-corrected chi connectivity index (χ3v) is 6.68. The molecule has 1 aliphatic heterocycles. The topological polar surface area (TPSA) is 69.7 Å². The van der Waals surface area contributed by atoms with Gasteiger partial charge in [-0.2, -0.15) is 0 Å². The van der Waals surface area contributed by atoms with Crippen molar-refractivity contribution in [3.05, 3.63) is 54.1 Å². The molecule has 0 radical (unpaired) electrons. The summed E-state index contributed by atoms with van der Waals surface area (Å²) in [6.45, 7) is 2.69. The maximum absolute atomic E-state index is 12.8. The van der Waals surface area contributed by atoms with Gasteiger partial charge in [0.25, 0.3) is 0 Å². The Hall–Kier alpha value is -2.38. The first-order chi connectivity index (χ1) is 12.8. The number of nitrogens with zero attached hydrogens (tertiary/aromatic N) is 2. The highest BCUT2D eigenvalue weighted by molar-refractivity contribution is 7.89. The second-order valence-corrected chi connectivity index (χ2v) is 9.06. The molecular formula is C20H25N3O3S. The van der Waals surface area contributed by atoms with Crippen LogP contribution in [0.5, 0.6) is 0 Å². The molecule has 0 aliphatic carbocycles. The van der Waals surface area contributed by atoms with E-state index in [-0.39, 0.29) is 16.8 Å². The number of hydrogen-bond donors (Lipinski definition) is 1. The smallest absolute Gasteiger partial charge is 0.246 e. The molecule has 1 N–H and O–H groups in total. The van der Waals surface area contributed by atoms with Crippen molar-refractivity contribution >= 4 is 27.3 Å². The van der Waals surface area contributed by atoms with Gasteiger partial charge in [0.2, 0.25) is 15.9 Å². The second kappa shape index (κ2) is 7.70. The molecule has 2 aromatic rings. The molecule has 1 amide bonds. The van der Waals surface area contributed by atoms with Gasteiger partial charge in [0.05, 0.1) is 4.90 Å². The van der Waals surface area contributed by atoms with E-state index in [9.17, 15) is 13.2 Å². The zero-order chi connectivity index (χ0) is 19.6. The molecule has 1 aliphatic rings. The fourth-order valence-corrected chi connectivity index (χ4v) is 4.25. The Bertz CT molecular complexity index is 941. The summed E-state index contributed by atoms with van der Waals surface area (Å²) in [5, 5.41) is 2.86. The molecule has 27 heavy (non-hydrogen) atoms.